The number of ether oxygens (including phenoxy) is 2. The number of para-hydroxylation sites is 1. The molecule has 8 heteroatoms. The van der Waals surface area contributed by atoms with Gasteiger partial charge in [0.15, 0.2) is 0 Å². The second-order valence-corrected chi connectivity index (χ2v) is 7.32. The molecule has 172 valence electrons. The summed E-state index contributed by atoms with van der Waals surface area (Å²) < 4.78 is 12.2. The molecule has 0 aliphatic rings. The highest BCUT2D eigenvalue weighted by atomic mass is 16.5. The van der Waals surface area contributed by atoms with Gasteiger partial charge in [0.2, 0.25) is 0 Å². The van der Waals surface area contributed by atoms with Crippen LogP contribution in [-0.4, -0.2) is 42.7 Å². The first-order chi connectivity index (χ1) is 16.7. The van der Waals surface area contributed by atoms with Gasteiger partial charge < -0.3 is 14.8 Å². The monoisotopic (exact) mass is 455 g/mol. The van der Waals surface area contributed by atoms with Crippen molar-refractivity contribution in [2.45, 2.75) is 0 Å². The summed E-state index contributed by atoms with van der Waals surface area (Å²) in [4.78, 5) is 12.2. The molecule has 0 bridgehead atoms. The predicted molar refractivity (Wildman–Crippen MR) is 133 cm³/mol. The quantitative estimate of drug-likeness (QED) is 0.293. The zero-order chi connectivity index (χ0) is 23.8. The third-order valence-corrected chi connectivity index (χ3v) is 5.06. The van der Waals surface area contributed by atoms with Crippen LogP contribution in [0.25, 0.3) is 16.9 Å². The number of carbonyl (C=O) groups is 1. The minimum atomic E-state index is -0.270. The van der Waals surface area contributed by atoms with Gasteiger partial charge in [0.1, 0.15) is 17.2 Å². The van der Waals surface area contributed by atoms with E-state index in [0.717, 1.165) is 39.7 Å². The third-order valence-electron chi connectivity index (χ3n) is 5.06. The highest BCUT2D eigenvalue weighted by Gasteiger charge is 2.11. The summed E-state index contributed by atoms with van der Waals surface area (Å²) in [6.45, 7) is 0.0816. The van der Waals surface area contributed by atoms with Crippen LogP contribution in [0.2, 0.25) is 0 Å². The molecule has 1 amide bonds. The highest BCUT2D eigenvalue weighted by molar-refractivity contribution is 5.90. The van der Waals surface area contributed by atoms with Crippen molar-refractivity contribution in [2.24, 2.45) is 5.10 Å². The van der Waals surface area contributed by atoms with Crippen molar-refractivity contribution in [1.29, 1.82) is 0 Å². The fourth-order valence-corrected chi connectivity index (χ4v) is 3.27. The minimum absolute atomic E-state index is 0.0816. The van der Waals surface area contributed by atoms with Gasteiger partial charge in [-0.2, -0.15) is 10.2 Å². The number of hydrogen-bond donors (Lipinski definition) is 2. The molecule has 0 saturated carbocycles. The minimum Gasteiger partial charge on any atom is -0.497 e. The summed E-state index contributed by atoms with van der Waals surface area (Å²) in [6.07, 6.45) is 3.47. The van der Waals surface area contributed by atoms with Crippen LogP contribution < -0.4 is 20.2 Å². The molecule has 2 N–H and O–H groups in total. The van der Waals surface area contributed by atoms with E-state index in [1.807, 2.05) is 85.1 Å². The number of methoxy groups -OCH3 is 2. The SMILES string of the molecule is COc1ccc(NCC(=O)N/N=C/c2cn(-c3ccccc3)nc2-c2ccc(OC)cc2)cc1. The van der Waals surface area contributed by atoms with E-state index in [0.29, 0.717) is 0 Å². The lowest BCUT2D eigenvalue weighted by Crippen LogP contribution is -2.25. The van der Waals surface area contributed by atoms with Gasteiger partial charge in [0.25, 0.3) is 5.91 Å². The number of rotatable bonds is 9. The van der Waals surface area contributed by atoms with Gasteiger partial charge in [-0.25, -0.2) is 10.1 Å². The van der Waals surface area contributed by atoms with Crippen LogP contribution in [0.3, 0.4) is 0 Å². The Morgan fingerprint density at radius 3 is 2.24 bits per heavy atom. The van der Waals surface area contributed by atoms with Gasteiger partial charge >= 0.3 is 0 Å². The zero-order valence-electron chi connectivity index (χ0n) is 18.9. The van der Waals surface area contributed by atoms with Crippen LogP contribution in [0, 0.1) is 0 Å². The number of aromatic nitrogens is 2. The van der Waals surface area contributed by atoms with Gasteiger partial charge in [-0.1, -0.05) is 18.2 Å². The standard InChI is InChI=1S/C26H25N5O3/c1-33-23-12-8-19(9-13-23)26-20(18-31(30-26)22-6-4-3-5-7-22)16-28-29-25(32)17-27-21-10-14-24(34-2)15-11-21/h3-16,18,27H,17H2,1-2H3,(H,29,32)/b28-16+. The molecule has 0 atom stereocenters. The smallest absolute Gasteiger partial charge is 0.259 e. The Bertz CT molecular complexity index is 1250. The molecule has 1 aromatic heterocycles. The second-order valence-electron chi connectivity index (χ2n) is 7.32. The average Bonchev–Trinajstić information content (AvgIpc) is 3.32. The zero-order valence-corrected chi connectivity index (χ0v) is 18.9. The molecule has 0 radical (unpaired) electrons. The molecule has 1 heterocycles. The van der Waals surface area contributed by atoms with Gasteiger partial charge in [0.05, 0.1) is 32.7 Å². The Hall–Kier alpha value is -4.59. The Morgan fingerprint density at radius 2 is 1.59 bits per heavy atom. The summed E-state index contributed by atoms with van der Waals surface area (Å²) in [5.74, 6) is 1.25. The number of hydrogen-bond acceptors (Lipinski definition) is 6. The van der Waals surface area contributed by atoms with E-state index >= 15 is 0 Å². The fourth-order valence-electron chi connectivity index (χ4n) is 3.27. The molecule has 34 heavy (non-hydrogen) atoms. The number of carbonyl (C=O) groups excluding carboxylic acids is 1. The summed E-state index contributed by atoms with van der Waals surface area (Å²) in [5, 5.41) is 11.9. The van der Waals surface area contributed by atoms with E-state index in [-0.39, 0.29) is 12.5 Å². The molecule has 3 aromatic carbocycles. The first-order valence-corrected chi connectivity index (χ1v) is 10.7. The van der Waals surface area contributed by atoms with Crippen molar-refractivity contribution in [1.82, 2.24) is 15.2 Å². The number of nitrogens with zero attached hydrogens (tertiary/aromatic N) is 3. The molecule has 4 rings (SSSR count). The van der Waals surface area contributed by atoms with Gasteiger partial charge in [-0.05, 0) is 60.7 Å². The Labute approximate surface area is 197 Å². The van der Waals surface area contributed by atoms with E-state index < -0.39 is 0 Å². The molecule has 8 nitrogen and oxygen atoms in total. The number of nitrogens with one attached hydrogen (secondary N) is 2. The third kappa shape index (κ3) is 5.60. The first-order valence-electron chi connectivity index (χ1n) is 10.7. The van der Waals surface area contributed by atoms with Crippen LogP contribution >= 0.6 is 0 Å². The van der Waals surface area contributed by atoms with Crippen LogP contribution in [-0.2, 0) is 4.79 Å². The summed E-state index contributed by atoms with van der Waals surface area (Å²) in [7, 11) is 3.24. The lowest BCUT2D eigenvalue weighted by Gasteiger charge is -2.06. The second kappa shape index (κ2) is 10.8. The van der Waals surface area contributed by atoms with E-state index in [9.17, 15) is 4.79 Å². The van der Waals surface area contributed by atoms with Crippen LogP contribution in [0.15, 0.2) is 90.2 Å². The normalized spacial score (nSPS) is 10.8. The predicted octanol–water partition coefficient (Wildman–Crippen LogP) is 4.12. The maximum atomic E-state index is 12.2. The van der Waals surface area contributed by atoms with Crippen molar-refractivity contribution in [3.8, 4) is 28.4 Å². The molecule has 0 fully saturated rings. The van der Waals surface area contributed by atoms with Crippen molar-refractivity contribution in [3.63, 3.8) is 0 Å². The van der Waals surface area contributed by atoms with Crippen molar-refractivity contribution in [3.05, 3.63) is 90.6 Å². The summed E-state index contributed by atoms with van der Waals surface area (Å²) in [6, 6.07) is 24.8. The van der Waals surface area contributed by atoms with Crippen molar-refractivity contribution >= 4 is 17.8 Å². The van der Waals surface area contributed by atoms with E-state index in [1.54, 1.807) is 25.1 Å². The number of benzene rings is 3. The number of anilines is 1. The molecule has 4 aromatic rings. The Kier molecular flexibility index (Phi) is 7.19. The maximum absolute atomic E-state index is 12.2. The molecule has 0 aliphatic heterocycles. The lowest BCUT2D eigenvalue weighted by molar-refractivity contribution is -0.119. The number of hydrazone groups is 1. The Morgan fingerprint density at radius 1 is 0.941 bits per heavy atom. The van der Waals surface area contributed by atoms with Crippen molar-refractivity contribution < 1.29 is 14.3 Å². The van der Waals surface area contributed by atoms with E-state index in [1.165, 1.54) is 0 Å². The molecular formula is C26H25N5O3. The molecule has 0 saturated heterocycles. The van der Waals surface area contributed by atoms with Gasteiger partial charge in [0, 0.05) is 23.0 Å². The highest BCUT2D eigenvalue weighted by Crippen LogP contribution is 2.25. The summed E-state index contributed by atoms with van der Waals surface area (Å²) in [5.41, 5.74) is 6.69. The van der Waals surface area contributed by atoms with Crippen LogP contribution in [0.4, 0.5) is 5.69 Å². The lowest BCUT2D eigenvalue weighted by atomic mass is 10.1. The van der Waals surface area contributed by atoms with Crippen LogP contribution in [0.5, 0.6) is 11.5 Å². The van der Waals surface area contributed by atoms with E-state index in [2.05, 4.69) is 15.8 Å². The molecule has 0 unspecified atom stereocenters. The van der Waals surface area contributed by atoms with Gasteiger partial charge in [-0.3, -0.25) is 4.79 Å². The number of amides is 1. The van der Waals surface area contributed by atoms with Gasteiger partial charge in [-0.15, -0.1) is 0 Å². The fraction of sp³-hybridized carbons (Fsp3) is 0.115. The summed E-state index contributed by atoms with van der Waals surface area (Å²) >= 11 is 0. The molecule has 0 spiro atoms. The van der Waals surface area contributed by atoms with Crippen molar-refractivity contribution in [2.75, 3.05) is 26.1 Å². The molecule has 0 aliphatic carbocycles. The first kappa shape index (κ1) is 22.6. The largest absolute Gasteiger partial charge is 0.497 e. The maximum Gasteiger partial charge on any atom is 0.259 e. The Balaban J connectivity index is 1.47. The molecular weight excluding hydrogens is 430 g/mol. The average molecular weight is 456 g/mol. The van der Waals surface area contributed by atoms with E-state index in [4.69, 9.17) is 14.6 Å². The topological polar surface area (TPSA) is 89.8 Å². The van der Waals surface area contributed by atoms with Crippen LogP contribution in [0.1, 0.15) is 5.56 Å².